The molecule has 1 saturated heterocycles. The van der Waals surface area contributed by atoms with Gasteiger partial charge in [-0.15, -0.1) is 0 Å². The van der Waals surface area contributed by atoms with Crippen LogP contribution in [-0.2, 0) is 0 Å². The Labute approximate surface area is 91.9 Å². The van der Waals surface area contributed by atoms with Crippen LogP contribution in [0.1, 0.15) is 33.8 Å². The first-order chi connectivity index (χ1) is 7.68. The van der Waals surface area contributed by atoms with Gasteiger partial charge in [-0.25, -0.2) is 14.8 Å². The zero-order valence-electron chi connectivity index (χ0n) is 8.59. The minimum Gasteiger partial charge on any atom is -0.476 e. The van der Waals surface area contributed by atoms with Crippen LogP contribution in [0.15, 0.2) is 12.4 Å². The molecule has 1 aromatic rings. The first-order valence-electron chi connectivity index (χ1n) is 5.03. The van der Waals surface area contributed by atoms with Crippen molar-refractivity contribution in [2.24, 2.45) is 0 Å². The highest BCUT2D eigenvalue weighted by molar-refractivity contribution is 5.92. The highest BCUT2D eigenvalue weighted by Gasteiger charge is 2.21. The van der Waals surface area contributed by atoms with E-state index in [9.17, 15) is 9.59 Å². The third kappa shape index (κ3) is 2.00. The highest BCUT2D eigenvalue weighted by atomic mass is 16.4. The number of carbonyl (C=O) groups is 2. The summed E-state index contributed by atoms with van der Waals surface area (Å²) in [5.74, 6) is -1.32. The normalized spacial score (nSPS) is 15.1. The number of amides is 1. The fraction of sp³-hybridized carbons (Fsp3) is 0.400. The van der Waals surface area contributed by atoms with Crippen molar-refractivity contribution in [3.63, 3.8) is 0 Å². The van der Waals surface area contributed by atoms with Crippen molar-refractivity contribution in [3.8, 4) is 0 Å². The Kier molecular flexibility index (Phi) is 2.80. The van der Waals surface area contributed by atoms with E-state index in [1.54, 1.807) is 4.90 Å². The standard InChI is InChI=1S/C10H11N3O3/c14-9(13-3-1-2-4-13)7-5-12-8(6-11-7)10(15)16/h5-6H,1-4H2,(H,15,16). The van der Waals surface area contributed by atoms with E-state index in [1.165, 1.54) is 6.20 Å². The molecule has 6 nitrogen and oxygen atoms in total. The van der Waals surface area contributed by atoms with E-state index < -0.39 is 5.97 Å². The maximum absolute atomic E-state index is 11.8. The number of carboxylic acids is 1. The van der Waals surface area contributed by atoms with Crippen LogP contribution in [0.4, 0.5) is 0 Å². The van der Waals surface area contributed by atoms with Gasteiger partial charge in [-0.1, -0.05) is 0 Å². The molecule has 2 heterocycles. The van der Waals surface area contributed by atoms with Gasteiger partial charge in [0.05, 0.1) is 12.4 Å². The van der Waals surface area contributed by atoms with Gasteiger partial charge in [-0.2, -0.15) is 0 Å². The summed E-state index contributed by atoms with van der Waals surface area (Å²) in [5, 5.41) is 8.63. The van der Waals surface area contributed by atoms with Crippen molar-refractivity contribution in [3.05, 3.63) is 23.8 Å². The van der Waals surface area contributed by atoms with E-state index in [2.05, 4.69) is 9.97 Å². The summed E-state index contributed by atoms with van der Waals surface area (Å²) >= 11 is 0. The van der Waals surface area contributed by atoms with Crippen LogP contribution in [0, 0.1) is 0 Å². The van der Waals surface area contributed by atoms with Crippen molar-refractivity contribution in [1.82, 2.24) is 14.9 Å². The summed E-state index contributed by atoms with van der Waals surface area (Å²) in [6.07, 6.45) is 4.33. The number of carbonyl (C=O) groups excluding carboxylic acids is 1. The topological polar surface area (TPSA) is 83.4 Å². The molecule has 16 heavy (non-hydrogen) atoms. The molecule has 0 atom stereocenters. The monoisotopic (exact) mass is 221 g/mol. The summed E-state index contributed by atoms with van der Waals surface area (Å²) in [4.78, 5) is 31.5. The van der Waals surface area contributed by atoms with Gasteiger partial charge in [-0.05, 0) is 12.8 Å². The van der Waals surface area contributed by atoms with Crippen molar-refractivity contribution in [2.75, 3.05) is 13.1 Å². The van der Waals surface area contributed by atoms with Crippen molar-refractivity contribution < 1.29 is 14.7 Å². The van der Waals surface area contributed by atoms with Gasteiger partial charge in [0.2, 0.25) is 0 Å². The molecule has 1 amide bonds. The van der Waals surface area contributed by atoms with Crippen LogP contribution < -0.4 is 0 Å². The van der Waals surface area contributed by atoms with E-state index in [1.807, 2.05) is 0 Å². The third-order valence-corrected chi connectivity index (χ3v) is 2.48. The Morgan fingerprint density at radius 1 is 1.12 bits per heavy atom. The van der Waals surface area contributed by atoms with Crippen LogP contribution in [0.3, 0.4) is 0 Å². The molecule has 0 aliphatic carbocycles. The number of aromatic nitrogens is 2. The molecule has 1 fully saturated rings. The molecule has 2 rings (SSSR count). The summed E-state index contributed by atoms with van der Waals surface area (Å²) in [7, 11) is 0. The largest absolute Gasteiger partial charge is 0.476 e. The number of carboxylic acid groups (broad SMARTS) is 1. The predicted molar refractivity (Wildman–Crippen MR) is 54.1 cm³/mol. The molecular formula is C10H11N3O3. The third-order valence-electron chi connectivity index (χ3n) is 2.48. The zero-order valence-corrected chi connectivity index (χ0v) is 8.59. The van der Waals surface area contributed by atoms with Gasteiger partial charge in [0.1, 0.15) is 5.69 Å². The first kappa shape index (κ1) is 10.5. The van der Waals surface area contributed by atoms with Gasteiger partial charge < -0.3 is 10.0 Å². The Balaban J connectivity index is 2.14. The molecule has 0 spiro atoms. The van der Waals surface area contributed by atoms with Gasteiger partial charge >= 0.3 is 5.97 Å². The molecule has 1 aromatic heterocycles. The summed E-state index contributed by atoms with van der Waals surface area (Å²) in [6.45, 7) is 1.47. The average Bonchev–Trinajstić information content (AvgIpc) is 2.81. The first-order valence-corrected chi connectivity index (χ1v) is 5.03. The Morgan fingerprint density at radius 2 is 1.69 bits per heavy atom. The van der Waals surface area contributed by atoms with Crippen LogP contribution in [0.25, 0.3) is 0 Å². The minimum atomic E-state index is -1.15. The molecule has 6 heteroatoms. The molecule has 1 N–H and O–H groups in total. The molecular weight excluding hydrogens is 210 g/mol. The van der Waals surface area contributed by atoms with E-state index in [-0.39, 0.29) is 17.3 Å². The van der Waals surface area contributed by atoms with E-state index in [0.717, 1.165) is 32.1 Å². The molecule has 84 valence electrons. The lowest BCUT2D eigenvalue weighted by Gasteiger charge is -2.13. The Hall–Kier alpha value is -1.98. The van der Waals surface area contributed by atoms with Crippen LogP contribution in [0.2, 0.25) is 0 Å². The molecule has 1 aliphatic heterocycles. The van der Waals surface area contributed by atoms with Gasteiger partial charge in [0.15, 0.2) is 5.69 Å². The van der Waals surface area contributed by atoms with E-state index in [4.69, 9.17) is 5.11 Å². The maximum atomic E-state index is 11.8. The van der Waals surface area contributed by atoms with Crippen LogP contribution in [0.5, 0.6) is 0 Å². The molecule has 0 radical (unpaired) electrons. The number of likely N-dealkylation sites (tertiary alicyclic amines) is 1. The summed E-state index contributed by atoms with van der Waals surface area (Å²) < 4.78 is 0. The zero-order chi connectivity index (χ0) is 11.5. The SMILES string of the molecule is O=C(O)c1cnc(C(=O)N2CCCC2)cn1. The minimum absolute atomic E-state index is 0.155. The summed E-state index contributed by atoms with van der Waals surface area (Å²) in [6, 6.07) is 0. The van der Waals surface area contributed by atoms with Crippen LogP contribution >= 0.6 is 0 Å². The van der Waals surface area contributed by atoms with E-state index in [0.29, 0.717) is 0 Å². The number of aromatic carboxylic acids is 1. The second-order valence-corrected chi connectivity index (χ2v) is 3.59. The van der Waals surface area contributed by atoms with Gasteiger partial charge in [0.25, 0.3) is 5.91 Å². The molecule has 1 aliphatic rings. The lowest BCUT2D eigenvalue weighted by Crippen LogP contribution is -2.28. The fourth-order valence-electron chi connectivity index (χ4n) is 1.63. The molecule has 0 aromatic carbocycles. The Bertz CT molecular complexity index is 410. The smallest absolute Gasteiger partial charge is 0.356 e. The quantitative estimate of drug-likeness (QED) is 0.782. The predicted octanol–water partition coefficient (Wildman–Crippen LogP) is 0.411. The highest BCUT2D eigenvalue weighted by Crippen LogP contribution is 2.10. The van der Waals surface area contributed by atoms with Crippen molar-refractivity contribution >= 4 is 11.9 Å². The number of hydrogen-bond acceptors (Lipinski definition) is 4. The van der Waals surface area contributed by atoms with Crippen LogP contribution in [-0.4, -0.2) is 44.9 Å². The fourth-order valence-corrected chi connectivity index (χ4v) is 1.63. The van der Waals surface area contributed by atoms with Gasteiger partial charge in [0, 0.05) is 13.1 Å². The van der Waals surface area contributed by atoms with Crippen molar-refractivity contribution in [1.29, 1.82) is 0 Å². The number of rotatable bonds is 2. The Morgan fingerprint density at radius 3 is 2.19 bits per heavy atom. The lowest BCUT2D eigenvalue weighted by atomic mass is 10.3. The second-order valence-electron chi connectivity index (χ2n) is 3.59. The molecule has 0 unspecified atom stereocenters. The second kappa shape index (κ2) is 4.26. The number of nitrogens with zero attached hydrogens (tertiary/aromatic N) is 3. The lowest BCUT2D eigenvalue weighted by molar-refractivity contribution is 0.0687. The van der Waals surface area contributed by atoms with Crippen molar-refractivity contribution in [2.45, 2.75) is 12.8 Å². The maximum Gasteiger partial charge on any atom is 0.356 e. The number of hydrogen-bond donors (Lipinski definition) is 1. The van der Waals surface area contributed by atoms with E-state index >= 15 is 0 Å². The summed E-state index contributed by atoms with van der Waals surface area (Å²) in [5.41, 5.74) is 0.0462. The van der Waals surface area contributed by atoms with Gasteiger partial charge in [-0.3, -0.25) is 4.79 Å². The molecule has 0 saturated carbocycles. The molecule has 0 bridgehead atoms. The average molecular weight is 221 g/mol.